The molecule has 0 saturated carbocycles. The Bertz CT molecular complexity index is 848. The third-order valence-corrected chi connectivity index (χ3v) is 7.16. The summed E-state index contributed by atoms with van der Waals surface area (Å²) in [6.07, 6.45) is 7.26. The molecule has 5 nitrogen and oxygen atoms in total. The van der Waals surface area contributed by atoms with E-state index < -0.39 is 0 Å². The van der Waals surface area contributed by atoms with Crippen LogP contribution < -0.4 is 5.56 Å². The van der Waals surface area contributed by atoms with Gasteiger partial charge in [0.25, 0.3) is 5.56 Å². The van der Waals surface area contributed by atoms with E-state index in [-0.39, 0.29) is 11.0 Å². The van der Waals surface area contributed by atoms with Crippen molar-refractivity contribution in [2.45, 2.75) is 77.8 Å². The largest absolute Gasteiger partial charge is 0.297 e. The second-order valence-electron chi connectivity index (χ2n) is 9.39. The summed E-state index contributed by atoms with van der Waals surface area (Å²) in [5.74, 6) is 0.529. The molecule has 0 atom stereocenters. The lowest BCUT2D eigenvalue weighted by atomic mass is 9.92. The van der Waals surface area contributed by atoms with E-state index in [0.717, 1.165) is 44.7 Å². The maximum Gasteiger partial charge on any atom is 0.266 e. The van der Waals surface area contributed by atoms with E-state index >= 15 is 0 Å². The predicted octanol–water partition coefficient (Wildman–Crippen LogP) is 3.79. The van der Waals surface area contributed by atoms with Crippen LogP contribution in [0.5, 0.6) is 0 Å². The molecule has 1 fully saturated rings. The van der Waals surface area contributed by atoms with Crippen LogP contribution in [0.15, 0.2) is 16.9 Å². The number of fused-ring (bicyclic) bond motifs is 1. The molecule has 2 aliphatic rings. The van der Waals surface area contributed by atoms with Crippen LogP contribution >= 0.6 is 11.3 Å². The van der Waals surface area contributed by atoms with Crippen LogP contribution in [0.2, 0.25) is 0 Å². The second kappa shape index (κ2) is 8.07. The second-order valence-corrected chi connectivity index (χ2v) is 10.6. The van der Waals surface area contributed by atoms with E-state index in [1.807, 2.05) is 17.4 Å². The van der Waals surface area contributed by atoms with Crippen LogP contribution in [0.25, 0.3) is 0 Å². The SMILES string of the molecule is CC(C)(C)c1ccc(=O)n(CC2CCN(Cc3nc4c(s3)CCCC4)CC2)n1. The highest BCUT2D eigenvalue weighted by molar-refractivity contribution is 7.11. The lowest BCUT2D eigenvalue weighted by molar-refractivity contribution is 0.163. The zero-order chi connectivity index (χ0) is 19.7. The minimum atomic E-state index is -0.0360. The smallest absolute Gasteiger partial charge is 0.266 e. The van der Waals surface area contributed by atoms with Crippen molar-refractivity contribution in [1.82, 2.24) is 19.7 Å². The van der Waals surface area contributed by atoms with Gasteiger partial charge in [-0.15, -0.1) is 11.3 Å². The van der Waals surface area contributed by atoms with E-state index in [1.54, 1.807) is 10.7 Å². The van der Waals surface area contributed by atoms with Gasteiger partial charge < -0.3 is 0 Å². The van der Waals surface area contributed by atoms with Crippen molar-refractivity contribution in [2.24, 2.45) is 5.92 Å². The summed E-state index contributed by atoms with van der Waals surface area (Å²) in [4.78, 5) is 21.2. The van der Waals surface area contributed by atoms with Crippen molar-refractivity contribution in [3.63, 3.8) is 0 Å². The van der Waals surface area contributed by atoms with Crippen LogP contribution in [0, 0.1) is 5.92 Å². The average molecular weight is 401 g/mol. The molecule has 3 heterocycles. The van der Waals surface area contributed by atoms with Crippen molar-refractivity contribution in [3.05, 3.63) is 43.8 Å². The van der Waals surface area contributed by atoms with Gasteiger partial charge >= 0.3 is 0 Å². The molecular formula is C22H32N4OS. The molecule has 0 spiro atoms. The van der Waals surface area contributed by atoms with Crippen LogP contribution in [0.3, 0.4) is 0 Å². The molecule has 28 heavy (non-hydrogen) atoms. The Morgan fingerprint density at radius 2 is 1.89 bits per heavy atom. The Labute approximate surface area is 171 Å². The summed E-state index contributed by atoms with van der Waals surface area (Å²) in [7, 11) is 0. The molecule has 2 aromatic heterocycles. The van der Waals surface area contributed by atoms with Crippen LogP contribution in [0.4, 0.5) is 0 Å². The molecule has 0 bridgehead atoms. The van der Waals surface area contributed by atoms with Gasteiger partial charge in [0.1, 0.15) is 5.01 Å². The van der Waals surface area contributed by atoms with E-state index in [2.05, 4.69) is 30.8 Å². The molecule has 0 amide bonds. The quantitative estimate of drug-likeness (QED) is 0.784. The molecular weight excluding hydrogens is 368 g/mol. The lowest BCUT2D eigenvalue weighted by Gasteiger charge is -2.31. The molecule has 4 rings (SSSR count). The summed E-state index contributed by atoms with van der Waals surface area (Å²) >= 11 is 1.93. The first-order valence-corrected chi connectivity index (χ1v) is 11.5. The Morgan fingerprint density at radius 3 is 2.61 bits per heavy atom. The maximum atomic E-state index is 12.3. The lowest BCUT2D eigenvalue weighted by Crippen LogP contribution is -2.37. The number of hydrogen-bond acceptors (Lipinski definition) is 5. The minimum absolute atomic E-state index is 0.0174. The zero-order valence-corrected chi connectivity index (χ0v) is 18.2. The number of nitrogens with zero attached hydrogens (tertiary/aromatic N) is 4. The normalized spacial score (nSPS) is 19.0. The van der Waals surface area contributed by atoms with Gasteiger partial charge in [-0.05, 0) is 63.6 Å². The number of rotatable bonds is 4. The third kappa shape index (κ3) is 4.54. The van der Waals surface area contributed by atoms with Crippen molar-refractivity contribution in [2.75, 3.05) is 13.1 Å². The van der Waals surface area contributed by atoms with E-state index in [0.29, 0.717) is 5.92 Å². The van der Waals surface area contributed by atoms with Gasteiger partial charge in [0, 0.05) is 22.9 Å². The van der Waals surface area contributed by atoms with Crippen LogP contribution in [-0.4, -0.2) is 32.8 Å². The van der Waals surface area contributed by atoms with E-state index in [4.69, 9.17) is 4.98 Å². The zero-order valence-electron chi connectivity index (χ0n) is 17.4. The molecule has 0 aromatic carbocycles. The third-order valence-electron chi connectivity index (χ3n) is 6.02. The molecule has 1 saturated heterocycles. The first-order valence-electron chi connectivity index (χ1n) is 10.7. The summed E-state index contributed by atoms with van der Waals surface area (Å²) in [5, 5.41) is 5.94. The monoisotopic (exact) mass is 400 g/mol. The molecule has 0 N–H and O–H groups in total. The van der Waals surface area contributed by atoms with Crippen molar-refractivity contribution >= 4 is 11.3 Å². The van der Waals surface area contributed by atoms with Gasteiger partial charge in [-0.1, -0.05) is 20.8 Å². The number of hydrogen-bond donors (Lipinski definition) is 0. The fraction of sp³-hybridized carbons (Fsp3) is 0.682. The van der Waals surface area contributed by atoms with Crippen molar-refractivity contribution < 1.29 is 0 Å². The molecule has 0 radical (unpaired) electrons. The average Bonchev–Trinajstić information content (AvgIpc) is 3.06. The Morgan fingerprint density at radius 1 is 1.14 bits per heavy atom. The van der Waals surface area contributed by atoms with Gasteiger partial charge in [-0.2, -0.15) is 5.10 Å². The fourth-order valence-corrected chi connectivity index (χ4v) is 5.42. The van der Waals surface area contributed by atoms with Crippen LogP contribution in [0.1, 0.15) is 67.7 Å². The highest BCUT2D eigenvalue weighted by atomic mass is 32.1. The Balaban J connectivity index is 1.33. The Hall–Kier alpha value is -1.53. The van der Waals surface area contributed by atoms with E-state index in [1.165, 1.54) is 41.3 Å². The van der Waals surface area contributed by atoms with Crippen LogP contribution in [-0.2, 0) is 31.3 Å². The summed E-state index contributed by atoms with van der Waals surface area (Å²) in [5.41, 5.74) is 2.33. The first kappa shape index (κ1) is 19.8. The van der Waals surface area contributed by atoms with Gasteiger partial charge in [0.15, 0.2) is 0 Å². The predicted molar refractivity (Wildman–Crippen MR) is 114 cm³/mol. The number of aromatic nitrogens is 3. The van der Waals surface area contributed by atoms with Crippen molar-refractivity contribution in [1.29, 1.82) is 0 Å². The van der Waals surface area contributed by atoms with Gasteiger partial charge in [-0.3, -0.25) is 9.69 Å². The van der Waals surface area contributed by atoms with Gasteiger partial charge in [-0.25, -0.2) is 9.67 Å². The number of aryl methyl sites for hydroxylation is 2. The van der Waals surface area contributed by atoms with Gasteiger partial charge in [0.05, 0.1) is 17.9 Å². The summed E-state index contributed by atoms with van der Waals surface area (Å²) < 4.78 is 1.69. The minimum Gasteiger partial charge on any atom is -0.297 e. The number of piperidine rings is 1. The molecule has 0 unspecified atom stereocenters. The highest BCUT2D eigenvalue weighted by Crippen LogP contribution is 2.28. The van der Waals surface area contributed by atoms with Gasteiger partial charge in [0.2, 0.25) is 0 Å². The summed E-state index contributed by atoms with van der Waals surface area (Å²) in [6.45, 7) is 10.3. The van der Waals surface area contributed by atoms with Crippen molar-refractivity contribution in [3.8, 4) is 0 Å². The molecule has 1 aliphatic carbocycles. The number of likely N-dealkylation sites (tertiary alicyclic amines) is 1. The standard InChI is InChI=1S/C22H32N4OS/c1-22(2,3)19-8-9-21(27)26(24-19)14-16-10-12-25(13-11-16)15-20-23-17-6-4-5-7-18(17)28-20/h8-9,16H,4-7,10-15H2,1-3H3. The highest BCUT2D eigenvalue weighted by Gasteiger charge is 2.23. The molecule has 1 aliphatic heterocycles. The first-order chi connectivity index (χ1) is 13.4. The molecule has 152 valence electrons. The molecule has 2 aromatic rings. The summed E-state index contributed by atoms with van der Waals surface area (Å²) in [6, 6.07) is 3.54. The van der Waals surface area contributed by atoms with E-state index in [9.17, 15) is 4.79 Å². The topological polar surface area (TPSA) is 51.0 Å². The number of thiazole rings is 1. The fourth-order valence-electron chi connectivity index (χ4n) is 4.22. The molecule has 6 heteroatoms. The maximum absolute atomic E-state index is 12.3. The Kier molecular flexibility index (Phi) is 5.70.